The second-order valence-electron chi connectivity index (χ2n) is 20.7. The summed E-state index contributed by atoms with van der Waals surface area (Å²) in [6.07, 6.45) is 15.9. The fourth-order valence-electron chi connectivity index (χ4n) is 6.94. The SMILES string of the molecule is CC1=CC=C(C)C1.CC1=CN=C(C)C1.Cc1c[nH]c(C)c1.Cc1cc(C)[nH]n1.Cc1cc(C)on1.Cc1cc(C)sn1.Cc1ccc(C)o1.Cc1ccc(C)s1.Cc1cnc(C)o1.Cc1cnc(C)s1.Cc1coc(C)c1.Cc1csc(C)c1. The monoisotopic (exact) mass is 1220 g/mol. The van der Waals surface area contributed by atoms with E-state index in [-0.39, 0.29) is 0 Å². The molecule has 0 bridgehead atoms. The average Bonchev–Trinajstić information content (AvgIpc) is 4.22. The number of rotatable bonds is 0. The molecule has 12 rings (SSSR count). The van der Waals surface area contributed by atoms with Crippen LogP contribution in [0.15, 0.2) is 149 Å². The Bertz CT molecular complexity index is 2570. The predicted octanol–water partition coefficient (Wildman–Crippen LogP) is 21.3. The van der Waals surface area contributed by atoms with Crippen LogP contribution in [0.3, 0.4) is 0 Å². The molecule has 0 radical (unpaired) electrons. The molecule has 0 atom stereocenters. The number of oxazole rings is 1. The molecule has 2 aliphatic rings. The summed E-state index contributed by atoms with van der Waals surface area (Å²) in [4.78, 5) is 21.8. The Hall–Kier alpha value is -6.98. The van der Waals surface area contributed by atoms with E-state index in [0.29, 0.717) is 0 Å². The quantitative estimate of drug-likeness (QED) is 0.151. The highest BCUT2D eigenvalue weighted by atomic mass is 32.1. The minimum absolute atomic E-state index is 0.734. The zero-order valence-electron chi connectivity index (χ0n) is 54.8. The van der Waals surface area contributed by atoms with E-state index in [4.69, 9.17) is 17.8 Å². The number of aromatic nitrogens is 7. The molecule has 0 amide bonds. The molecular weight excluding hydrogens is 1120 g/mol. The van der Waals surface area contributed by atoms with Crippen molar-refractivity contribution in [1.29, 1.82) is 0 Å². The van der Waals surface area contributed by atoms with Crippen molar-refractivity contribution in [2.75, 3.05) is 0 Å². The third-order valence-corrected chi connectivity index (χ3v) is 14.0. The van der Waals surface area contributed by atoms with Crippen molar-refractivity contribution in [3.05, 3.63) is 235 Å². The molecule has 1 aliphatic carbocycles. The van der Waals surface area contributed by atoms with Gasteiger partial charge in [0.1, 0.15) is 28.8 Å². The Labute approximate surface area is 519 Å². The number of allylic oxidation sites excluding steroid dienone is 5. The summed E-state index contributed by atoms with van der Waals surface area (Å²) in [6.45, 7) is 48.5. The van der Waals surface area contributed by atoms with Gasteiger partial charge in [0.05, 0.1) is 34.5 Å². The van der Waals surface area contributed by atoms with E-state index in [1.165, 1.54) is 75.6 Å². The molecule has 12 nitrogen and oxygen atoms in total. The Morgan fingerprint density at radius 2 is 1.12 bits per heavy atom. The van der Waals surface area contributed by atoms with Crippen molar-refractivity contribution >= 4 is 51.3 Å². The molecule has 2 N–H and O–H groups in total. The standard InChI is InChI=1S/C7H10.2C6H9N.2C6H8O.2C6H8S.C5H8N2.2C5H7NO.2C5H7NS/c1-6-3-4-7(2)5-6;3*1-5-3-6(2)7-4-5;1-5-3-4-6(2)7-5;1-5-3-6(2)7-4-5;1-5-3-4-6(2)7-5;1-4-3-5(2)7-6-4;1-4-3-6-5(2)7-4;1-4-3-5(2)7-6-4;1-4-3-6-5(2)7-4;1-4-3-5(2)7-6-4/h3-4H,5H2,1-2H3;4H,3H2,1-2H3;3-4,7H,1-2H3;4*3-4H,1-2H3;3H,1-2H3,(H,6,7);4*3H,1-2H3. The van der Waals surface area contributed by atoms with Crippen LogP contribution in [0.2, 0.25) is 0 Å². The van der Waals surface area contributed by atoms with E-state index < -0.39 is 0 Å². The van der Waals surface area contributed by atoms with Crippen molar-refractivity contribution < 1.29 is 17.8 Å². The van der Waals surface area contributed by atoms with Crippen LogP contribution in [0, 0.1) is 138 Å². The number of thiazole rings is 1. The van der Waals surface area contributed by atoms with Crippen LogP contribution in [-0.2, 0) is 0 Å². The summed E-state index contributed by atoms with van der Waals surface area (Å²) in [5.74, 6) is 5.43. The average molecular weight is 1220 g/mol. The van der Waals surface area contributed by atoms with E-state index in [0.717, 1.165) is 68.9 Å². The van der Waals surface area contributed by atoms with Crippen molar-refractivity contribution in [2.45, 2.75) is 179 Å². The molecular formula is C68H96N8O4S4. The highest BCUT2D eigenvalue weighted by Crippen LogP contribution is 2.16. The number of hydrogen-bond acceptors (Lipinski definition) is 14. The van der Waals surface area contributed by atoms with Gasteiger partial charge < -0.3 is 22.8 Å². The van der Waals surface area contributed by atoms with E-state index in [1.807, 2.05) is 157 Å². The smallest absolute Gasteiger partial charge is 0.191 e. The number of nitrogens with one attached hydrogen (secondary N) is 2. The summed E-state index contributed by atoms with van der Waals surface area (Å²) in [6, 6.07) is 20.4. The van der Waals surface area contributed by atoms with Gasteiger partial charge in [-0.3, -0.25) is 10.1 Å². The van der Waals surface area contributed by atoms with Crippen LogP contribution in [-0.4, -0.2) is 40.4 Å². The second-order valence-corrected chi connectivity index (χ2v) is 25.7. The molecule has 16 heteroatoms. The summed E-state index contributed by atoms with van der Waals surface area (Å²) in [5, 5.41) is 13.7. The van der Waals surface area contributed by atoms with Gasteiger partial charge in [-0.25, -0.2) is 9.97 Å². The van der Waals surface area contributed by atoms with Crippen LogP contribution in [0.4, 0.5) is 0 Å². The molecule has 0 saturated carbocycles. The Balaban J connectivity index is 0.000000458. The van der Waals surface area contributed by atoms with Crippen molar-refractivity contribution in [2.24, 2.45) is 4.99 Å². The summed E-state index contributed by atoms with van der Waals surface area (Å²) in [5.41, 5.74) is 14.9. The Morgan fingerprint density at radius 3 is 1.26 bits per heavy atom. The first-order chi connectivity index (χ1) is 39.5. The first-order valence-corrected chi connectivity index (χ1v) is 31.0. The van der Waals surface area contributed by atoms with Gasteiger partial charge in [0, 0.05) is 79.5 Å². The molecule has 10 aromatic rings. The van der Waals surface area contributed by atoms with Gasteiger partial charge in [0.15, 0.2) is 5.89 Å². The third kappa shape index (κ3) is 40.3. The van der Waals surface area contributed by atoms with Gasteiger partial charge in [-0.1, -0.05) is 28.5 Å². The van der Waals surface area contributed by atoms with E-state index in [9.17, 15) is 0 Å². The lowest BCUT2D eigenvalue weighted by molar-refractivity contribution is 0.393. The topological polar surface area (TPSA) is 161 Å². The van der Waals surface area contributed by atoms with Gasteiger partial charge in [0.2, 0.25) is 0 Å². The van der Waals surface area contributed by atoms with Gasteiger partial charge in [0.25, 0.3) is 0 Å². The second kappa shape index (κ2) is 41.9. The van der Waals surface area contributed by atoms with Gasteiger partial charge in [-0.15, -0.1) is 34.0 Å². The summed E-state index contributed by atoms with van der Waals surface area (Å²) < 4.78 is 23.8. The van der Waals surface area contributed by atoms with E-state index >= 15 is 0 Å². The lowest BCUT2D eigenvalue weighted by Crippen LogP contribution is -1.82. The lowest BCUT2D eigenvalue weighted by atomic mass is 10.2. The number of thiophene rings is 2. The molecule has 0 fully saturated rings. The summed E-state index contributed by atoms with van der Waals surface area (Å²) in [7, 11) is 0. The molecule has 0 aromatic carbocycles. The van der Waals surface area contributed by atoms with Gasteiger partial charge in [-0.05, 0) is 259 Å². The Morgan fingerprint density at radius 1 is 0.476 bits per heavy atom. The Kier molecular flexibility index (Phi) is 37.4. The maximum Gasteiger partial charge on any atom is 0.191 e. The van der Waals surface area contributed by atoms with Crippen molar-refractivity contribution in [3.8, 4) is 0 Å². The first kappa shape index (κ1) is 75.0. The van der Waals surface area contributed by atoms with E-state index in [1.54, 1.807) is 46.7 Å². The first-order valence-electron chi connectivity index (χ1n) is 27.8. The number of aromatic amines is 2. The van der Waals surface area contributed by atoms with Crippen LogP contribution in [0.5, 0.6) is 0 Å². The van der Waals surface area contributed by atoms with Crippen molar-refractivity contribution in [3.63, 3.8) is 0 Å². The molecule has 0 saturated heterocycles. The normalized spacial score (nSPS) is 11.0. The molecule has 10 aromatic heterocycles. The largest absolute Gasteiger partial charge is 0.469 e. The van der Waals surface area contributed by atoms with Crippen LogP contribution in [0.25, 0.3) is 0 Å². The van der Waals surface area contributed by atoms with Gasteiger partial charge >= 0.3 is 0 Å². The molecule has 1 aliphatic heterocycles. The molecule has 84 heavy (non-hydrogen) atoms. The minimum Gasteiger partial charge on any atom is -0.469 e. The molecule has 456 valence electrons. The van der Waals surface area contributed by atoms with Crippen LogP contribution >= 0.6 is 45.5 Å². The van der Waals surface area contributed by atoms with Crippen LogP contribution < -0.4 is 0 Å². The van der Waals surface area contributed by atoms with Gasteiger partial charge in [-0.2, -0.15) is 9.47 Å². The number of aliphatic imine (C=N–C) groups is 1. The summed E-state index contributed by atoms with van der Waals surface area (Å²) >= 11 is 6.93. The zero-order valence-corrected chi connectivity index (χ0v) is 58.0. The molecule has 11 heterocycles. The number of aryl methyl sites for hydroxylation is 20. The number of nitrogens with zero attached hydrogens (tertiary/aromatic N) is 6. The third-order valence-electron chi connectivity index (χ3n) is 10.5. The van der Waals surface area contributed by atoms with E-state index in [2.05, 4.69) is 157 Å². The predicted molar refractivity (Wildman–Crippen MR) is 361 cm³/mol. The zero-order chi connectivity index (χ0) is 63.3. The lowest BCUT2D eigenvalue weighted by Gasteiger charge is -1.87. The maximum absolute atomic E-state index is 5.08. The highest BCUT2D eigenvalue weighted by Gasteiger charge is 1.98. The fraction of sp³-hybridized carbons (Fsp3) is 0.382. The van der Waals surface area contributed by atoms with Crippen molar-refractivity contribution in [1.82, 2.24) is 34.7 Å². The maximum atomic E-state index is 5.08. The van der Waals surface area contributed by atoms with Crippen LogP contribution in [0.1, 0.15) is 150 Å². The number of hydrogen-bond donors (Lipinski definition) is 2. The fourth-order valence-corrected chi connectivity index (χ4v) is 9.66. The number of H-pyrrole nitrogens is 2. The molecule has 0 unspecified atom stereocenters. The molecule has 0 spiro atoms. The minimum atomic E-state index is 0.734. The number of furan rings is 2. The highest BCUT2D eigenvalue weighted by molar-refractivity contribution is 7.12.